The van der Waals surface area contributed by atoms with Gasteiger partial charge in [0.05, 0.1) is 6.20 Å². The van der Waals surface area contributed by atoms with Gasteiger partial charge in [-0.25, -0.2) is 9.99 Å². The Morgan fingerprint density at radius 2 is 1.89 bits per heavy atom. The van der Waals surface area contributed by atoms with E-state index in [1.54, 1.807) is 0 Å². The van der Waals surface area contributed by atoms with Gasteiger partial charge >= 0.3 is 25.3 Å². The number of thiocarbonyl (C=S) groups is 2. The number of hydrogen-bond acceptors (Lipinski definition) is 9. The second-order valence-corrected chi connectivity index (χ2v) is 4.91. The second-order valence-electron chi connectivity index (χ2n) is 2.46. The van der Waals surface area contributed by atoms with E-state index < -0.39 is 24.4 Å². The van der Waals surface area contributed by atoms with Gasteiger partial charge in [0.1, 0.15) is 5.69 Å². The van der Waals surface area contributed by atoms with E-state index in [-0.39, 0.29) is 14.3 Å². The third kappa shape index (κ3) is 7.43. The molecule has 0 atom stereocenters. The fourth-order valence-corrected chi connectivity index (χ4v) is 1.23. The first-order valence-corrected chi connectivity index (χ1v) is 7.42. The molecular weight excluding hydrogens is 412 g/mol. The number of hydrogen-bond donors (Lipinski definition) is 1. The van der Waals surface area contributed by atoms with E-state index in [1.807, 2.05) is 0 Å². The monoisotopic (exact) mass is 418 g/mol. The van der Waals surface area contributed by atoms with Gasteiger partial charge in [0.2, 0.25) is 0 Å². The minimum atomic E-state index is -2.03. The van der Waals surface area contributed by atoms with Gasteiger partial charge in [0.25, 0.3) is 5.91 Å². The van der Waals surface area contributed by atoms with Crippen LogP contribution in [0, 0.1) is 0 Å². The summed E-state index contributed by atoms with van der Waals surface area (Å²) in [6, 6.07) is 0. The normalized spacial score (nSPS) is 8.21. The van der Waals surface area contributed by atoms with Crippen molar-refractivity contribution >= 4 is 64.2 Å². The van der Waals surface area contributed by atoms with Crippen LogP contribution in [0.15, 0.2) is 18.6 Å². The van der Waals surface area contributed by atoms with E-state index >= 15 is 0 Å². The number of carbonyl (C=O) groups is 1. The Hall–Kier alpha value is -0.742. The Morgan fingerprint density at radius 1 is 1.32 bits per heavy atom. The molecule has 19 heavy (non-hydrogen) atoms. The average Bonchev–Trinajstić information content (AvgIpc) is 2.36. The molecule has 0 aliphatic rings. The van der Waals surface area contributed by atoms with E-state index in [2.05, 4.69) is 40.2 Å². The summed E-state index contributed by atoms with van der Waals surface area (Å²) in [6.45, 7) is 0. The van der Waals surface area contributed by atoms with E-state index in [0.717, 1.165) is 5.01 Å². The van der Waals surface area contributed by atoms with Crippen molar-refractivity contribution in [3.8, 4) is 0 Å². The summed E-state index contributed by atoms with van der Waals surface area (Å²) < 4.78 is 16.9. The molecule has 1 rings (SSSR count). The van der Waals surface area contributed by atoms with Crippen molar-refractivity contribution in [2.75, 3.05) is 0 Å². The molecule has 0 saturated carbocycles. The van der Waals surface area contributed by atoms with Gasteiger partial charge in [-0.3, -0.25) is 9.78 Å². The van der Waals surface area contributed by atoms with Crippen molar-refractivity contribution in [2.45, 2.75) is 0 Å². The topological polar surface area (TPSA) is 92.3 Å². The molecule has 0 bridgehead atoms. The van der Waals surface area contributed by atoms with Gasteiger partial charge in [0.15, 0.2) is 0 Å². The maximum absolute atomic E-state index is 11.8. The van der Waals surface area contributed by atoms with Crippen LogP contribution in [-0.4, -0.2) is 29.5 Å². The number of carbonyl (C=O) groups excluding carboxylic acids is 1. The third-order valence-electron chi connectivity index (χ3n) is 1.37. The fourth-order valence-electron chi connectivity index (χ4n) is 0.795. The number of hydrazine groups is 1. The molecule has 0 aliphatic heterocycles. The standard InChI is InChI=1S/C7H6N4OS4.Mo.2O/c12-5(4-3-8-1-2-9-4)11(7(15)16)10-6(13)14;;;/h1-3H,(H,15,16)(H2,10,13,14);;;/q;+2;;/p-2. The zero-order valence-electron chi connectivity index (χ0n) is 8.84. The Bertz CT molecular complexity index is 508. The summed E-state index contributed by atoms with van der Waals surface area (Å²) in [5, 5.41) is 0.879. The van der Waals surface area contributed by atoms with Crippen LogP contribution in [0.25, 0.3) is 0 Å². The summed E-state index contributed by atoms with van der Waals surface area (Å²) in [7, 11) is 0. The van der Waals surface area contributed by atoms with Crippen LogP contribution in [0.5, 0.6) is 0 Å². The molecule has 12 heteroatoms. The average molecular weight is 416 g/mol. The quantitative estimate of drug-likeness (QED) is 0.288. The molecule has 0 spiro atoms. The van der Waals surface area contributed by atoms with Crippen molar-refractivity contribution in [3.05, 3.63) is 24.3 Å². The van der Waals surface area contributed by atoms with E-state index in [4.69, 9.17) is 31.6 Å². The Balaban J connectivity index is 0.000000982. The van der Waals surface area contributed by atoms with Gasteiger partial charge in [-0.15, -0.1) is 0 Å². The van der Waals surface area contributed by atoms with Gasteiger partial charge in [-0.05, 0) is 8.64 Å². The third-order valence-corrected chi connectivity index (χ3v) is 1.92. The second kappa shape index (κ2) is 10.1. The number of aromatic nitrogens is 2. The van der Waals surface area contributed by atoms with Crippen LogP contribution in [0.3, 0.4) is 0 Å². The molecule has 0 unspecified atom stereocenters. The van der Waals surface area contributed by atoms with Gasteiger partial charge in [0, 0.05) is 12.4 Å². The van der Waals surface area contributed by atoms with Crippen molar-refractivity contribution in [2.24, 2.45) is 0 Å². The Morgan fingerprint density at radius 3 is 2.26 bits per heavy atom. The molecule has 1 amide bonds. The Labute approximate surface area is 138 Å². The van der Waals surface area contributed by atoms with Crippen molar-refractivity contribution in [1.29, 1.82) is 0 Å². The van der Waals surface area contributed by atoms with Crippen LogP contribution in [0.4, 0.5) is 0 Å². The fraction of sp³-hybridized carbons (Fsp3) is 0. The molecule has 0 aromatic carbocycles. The van der Waals surface area contributed by atoms with Crippen molar-refractivity contribution < 1.29 is 30.1 Å². The van der Waals surface area contributed by atoms with Gasteiger partial charge in [-0.2, -0.15) is 0 Å². The molecular formula is C7H4MoN4O3S4. The summed E-state index contributed by atoms with van der Waals surface area (Å²) in [4.78, 5) is 19.4. The number of rotatable bonds is 1. The predicted molar refractivity (Wildman–Crippen MR) is 72.6 cm³/mol. The molecule has 0 aliphatic carbocycles. The van der Waals surface area contributed by atoms with Crippen LogP contribution >= 0.6 is 24.4 Å². The van der Waals surface area contributed by atoms with Gasteiger partial charge in [-0.1, -0.05) is 0 Å². The van der Waals surface area contributed by atoms with Crippen LogP contribution in [-0.2, 0) is 50.5 Å². The zero-order valence-corrected chi connectivity index (χ0v) is 14.1. The molecule has 1 aromatic rings. The molecule has 1 heterocycles. The number of amides is 1. The van der Waals surface area contributed by atoms with E-state index in [0.29, 0.717) is 0 Å². The SMILES string of the molecule is O=C(c1cnccn1)N(NC(=S)[S-])C(=S)[S-].[O]=[Mo+2]=[O]. The number of nitrogens with one attached hydrogen (secondary N) is 1. The van der Waals surface area contributed by atoms with Crippen molar-refractivity contribution in [1.82, 2.24) is 20.4 Å². The molecule has 100 valence electrons. The number of nitrogens with zero attached hydrogens (tertiary/aromatic N) is 3. The molecule has 0 fully saturated rings. The first kappa shape index (κ1) is 18.3. The van der Waals surface area contributed by atoms with Crippen LogP contribution in [0.1, 0.15) is 10.5 Å². The molecule has 1 N–H and O–H groups in total. The van der Waals surface area contributed by atoms with Gasteiger partial charge < -0.3 is 55.1 Å². The minimum absolute atomic E-state index is 0.0376. The molecule has 7 nitrogen and oxygen atoms in total. The molecule has 1 aromatic heterocycles. The summed E-state index contributed by atoms with van der Waals surface area (Å²) in [5.74, 6) is -0.555. The summed E-state index contributed by atoms with van der Waals surface area (Å²) >= 11 is 16.7. The molecule has 0 saturated heterocycles. The first-order valence-electron chi connectivity index (χ1n) is 4.14. The van der Waals surface area contributed by atoms with E-state index in [1.165, 1.54) is 18.6 Å². The molecule has 0 radical (unpaired) electrons. The Kier molecular flexibility index (Phi) is 9.70. The van der Waals surface area contributed by atoms with Crippen LogP contribution < -0.4 is 5.43 Å². The zero-order chi connectivity index (χ0) is 14.8. The predicted octanol–water partition coefficient (Wildman–Crippen LogP) is -0.153. The first-order chi connectivity index (χ1) is 8.93. The summed E-state index contributed by atoms with van der Waals surface area (Å²) in [6.07, 6.45) is 4.11. The van der Waals surface area contributed by atoms with Crippen LogP contribution in [0.2, 0.25) is 0 Å². The van der Waals surface area contributed by atoms with Crippen molar-refractivity contribution in [3.63, 3.8) is 0 Å². The maximum atomic E-state index is 11.8. The summed E-state index contributed by atoms with van der Waals surface area (Å²) in [5.41, 5.74) is 2.49. The van der Waals surface area contributed by atoms with E-state index in [9.17, 15) is 4.79 Å².